The third-order valence-corrected chi connectivity index (χ3v) is 6.44. The minimum Gasteiger partial charge on any atom is -0.487 e. The number of benzene rings is 1. The number of anilines is 1. The SMILES string of the molecule is CC(C)CC(=O)Nc1cccc(OCc2cc(=O)n3nc(C4CCCCC4)sc3n2)c1. The van der Waals surface area contributed by atoms with Crippen molar-refractivity contribution in [3.05, 3.63) is 51.4 Å². The summed E-state index contributed by atoms with van der Waals surface area (Å²) in [5.41, 5.74) is 1.07. The Kier molecular flexibility index (Phi) is 6.65. The number of aromatic nitrogens is 3. The molecule has 31 heavy (non-hydrogen) atoms. The van der Waals surface area contributed by atoms with Crippen LogP contribution in [0.5, 0.6) is 5.75 Å². The highest BCUT2D eigenvalue weighted by Gasteiger charge is 2.20. The smallest absolute Gasteiger partial charge is 0.275 e. The average Bonchev–Trinajstić information content (AvgIpc) is 3.17. The van der Waals surface area contributed by atoms with Crippen LogP contribution in [0.4, 0.5) is 5.69 Å². The number of amides is 1. The maximum atomic E-state index is 12.5. The number of nitrogens with one attached hydrogen (secondary N) is 1. The van der Waals surface area contributed by atoms with E-state index in [1.165, 1.54) is 41.2 Å². The predicted octanol–water partition coefficient (Wildman–Crippen LogP) is 4.76. The molecule has 1 fully saturated rings. The van der Waals surface area contributed by atoms with E-state index in [1.54, 1.807) is 6.07 Å². The molecule has 1 aromatic carbocycles. The molecule has 1 aliphatic rings. The summed E-state index contributed by atoms with van der Waals surface area (Å²) < 4.78 is 7.25. The van der Waals surface area contributed by atoms with Gasteiger partial charge in [0.25, 0.3) is 5.56 Å². The minimum absolute atomic E-state index is 0.0220. The van der Waals surface area contributed by atoms with E-state index in [1.807, 2.05) is 32.0 Å². The maximum absolute atomic E-state index is 12.5. The van der Waals surface area contributed by atoms with Gasteiger partial charge in [-0.1, -0.05) is 50.5 Å². The van der Waals surface area contributed by atoms with E-state index in [-0.39, 0.29) is 18.1 Å². The molecule has 2 heterocycles. The standard InChI is InChI=1S/C23H28N4O3S/c1-15(2)11-20(28)24-17-9-6-10-19(12-17)30-14-18-13-21(29)27-23(25-18)31-22(26-27)16-7-4-3-5-8-16/h6,9-10,12-13,15-16H,3-5,7-8,11,14H2,1-2H3,(H,24,28). The van der Waals surface area contributed by atoms with Crippen molar-refractivity contribution in [3.8, 4) is 5.75 Å². The molecule has 8 heteroatoms. The number of hydrogen-bond acceptors (Lipinski definition) is 6. The third kappa shape index (κ3) is 5.50. The van der Waals surface area contributed by atoms with E-state index in [4.69, 9.17) is 4.74 Å². The fourth-order valence-electron chi connectivity index (χ4n) is 3.86. The zero-order valence-corrected chi connectivity index (χ0v) is 18.8. The van der Waals surface area contributed by atoms with Crippen molar-refractivity contribution in [1.29, 1.82) is 0 Å². The van der Waals surface area contributed by atoms with Crippen LogP contribution in [0.15, 0.2) is 35.1 Å². The van der Waals surface area contributed by atoms with Crippen LogP contribution >= 0.6 is 11.3 Å². The molecule has 0 radical (unpaired) electrons. The zero-order chi connectivity index (χ0) is 21.8. The molecule has 0 bridgehead atoms. The quantitative estimate of drug-likeness (QED) is 0.572. The lowest BCUT2D eigenvalue weighted by Gasteiger charge is -2.18. The van der Waals surface area contributed by atoms with Gasteiger partial charge >= 0.3 is 0 Å². The molecule has 0 aliphatic heterocycles. The molecule has 0 unspecified atom stereocenters. The fraction of sp³-hybridized carbons (Fsp3) is 0.478. The van der Waals surface area contributed by atoms with Gasteiger partial charge in [0, 0.05) is 30.2 Å². The van der Waals surface area contributed by atoms with E-state index >= 15 is 0 Å². The molecular weight excluding hydrogens is 412 g/mol. The Morgan fingerprint density at radius 1 is 1.26 bits per heavy atom. The molecule has 3 aromatic rings. The van der Waals surface area contributed by atoms with Crippen molar-refractivity contribution < 1.29 is 9.53 Å². The number of hydrogen-bond donors (Lipinski definition) is 1. The molecule has 2 aromatic heterocycles. The average molecular weight is 441 g/mol. The largest absolute Gasteiger partial charge is 0.487 e. The monoisotopic (exact) mass is 440 g/mol. The highest BCUT2D eigenvalue weighted by Crippen LogP contribution is 2.34. The van der Waals surface area contributed by atoms with Gasteiger partial charge in [0.1, 0.15) is 17.4 Å². The van der Waals surface area contributed by atoms with Gasteiger partial charge < -0.3 is 10.1 Å². The summed E-state index contributed by atoms with van der Waals surface area (Å²) in [5, 5.41) is 8.43. The molecule has 4 rings (SSSR count). The van der Waals surface area contributed by atoms with Crippen molar-refractivity contribution in [2.24, 2.45) is 5.92 Å². The van der Waals surface area contributed by atoms with Gasteiger partial charge in [0.15, 0.2) is 0 Å². The van der Waals surface area contributed by atoms with Crippen LogP contribution in [-0.2, 0) is 11.4 Å². The van der Waals surface area contributed by atoms with E-state index in [0.717, 1.165) is 17.8 Å². The van der Waals surface area contributed by atoms with E-state index in [9.17, 15) is 9.59 Å². The second-order valence-corrected chi connectivity index (χ2v) is 9.51. The summed E-state index contributed by atoms with van der Waals surface area (Å²) in [6.07, 6.45) is 6.46. The first-order valence-electron chi connectivity index (χ1n) is 10.9. The van der Waals surface area contributed by atoms with Crippen LogP contribution in [0.3, 0.4) is 0 Å². The van der Waals surface area contributed by atoms with Gasteiger partial charge in [-0.3, -0.25) is 9.59 Å². The van der Waals surface area contributed by atoms with Gasteiger partial charge in [-0.25, -0.2) is 4.98 Å². The second kappa shape index (κ2) is 9.60. The number of fused-ring (bicyclic) bond motifs is 1. The highest BCUT2D eigenvalue weighted by molar-refractivity contribution is 7.16. The van der Waals surface area contributed by atoms with Gasteiger partial charge in [0.05, 0.1) is 5.69 Å². The van der Waals surface area contributed by atoms with Crippen molar-refractivity contribution >= 4 is 27.9 Å². The van der Waals surface area contributed by atoms with Crippen molar-refractivity contribution in [1.82, 2.24) is 14.6 Å². The third-order valence-electron chi connectivity index (χ3n) is 5.37. The first-order chi connectivity index (χ1) is 15.0. The Hall–Kier alpha value is -2.74. The normalized spacial score (nSPS) is 14.8. The van der Waals surface area contributed by atoms with Crippen molar-refractivity contribution in [3.63, 3.8) is 0 Å². The highest BCUT2D eigenvalue weighted by atomic mass is 32.1. The molecule has 0 saturated heterocycles. The van der Waals surface area contributed by atoms with Crippen LogP contribution in [0.25, 0.3) is 4.96 Å². The summed E-state index contributed by atoms with van der Waals surface area (Å²) in [6, 6.07) is 8.72. The van der Waals surface area contributed by atoms with E-state index in [2.05, 4.69) is 15.4 Å². The van der Waals surface area contributed by atoms with E-state index in [0.29, 0.717) is 40.3 Å². The minimum atomic E-state index is -0.184. The first kappa shape index (κ1) is 21.5. The van der Waals surface area contributed by atoms with Crippen LogP contribution in [0, 0.1) is 5.92 Å². The van der Waals surface area contributed by atoms with E-state index < -0.39 is 0 Å². The molecule has 0 atom stereocenters. The van der Waals surface area contributed by atoms with Crippen molar-refractivity contribution in [2.75, 3.05) is 5.32 Å². The first-order valence-corrected chi connectivity index (χ1v) is 11.7. The van der Waals surface area contributed by atoms with Crippen LogP contribution in [0.1, 0.15) is 69.0 Å². The molecule has 1 saturated carbocycles. The summed E-state index contributed by atoms with van der Waals surface area (Å²) >= 11 is 1.51. The van der Waals surface area contributed by atoms with Crippen LogP contribution < -0.4 is 15.6 Å². The van der Waals surface area contributed by atoms with Gasteiger partial charge in [-0.15, -0.1) is 0 Å². The summed E-state index contributed by atoms with van der Waals surface area (Å²) in [5.74, 6) is 1.32. The molecular formula is C23H28N4O3S. The molecule has 164 valence electrons. The Bertz CT molecular complexity index is 1120. The number of rotatable bonds is 7. The molecule has 1 amide bonds. The van der Waals surface area contributed by atoms with Crippen molar-refractivity contribution in [2.45, 2.75) is 64.9 Å². The number of carbonyl (C=O) groups excluding carboxylic acids is 1. The van der Waals surface area contributed by atoms with Crippen LogP contribution in [0.2, 0.25) is 0 Å². The Morgan fingerprint density at radius 3 is 2.84 bits per heavy atom. The molecule has 1 N–H and O–H groups in total. The lowest BCUT2D eigenvalue weighted by Crippen LogP contribution is -2.17. The predicted molar refractivity (Wildman–Crippen MR) is 122 cm³/mol. The number of nitrogens with zero attached hydrogens (tertiary/aromatic N) is 3. The lowest BCUT2D eigenvalue weighted by atomic mass is 9.90. The number of carbonyl (C=O) groups is 1. The van der Waals surface area contributed by atoms with Gasteiger partial charge in [-0.2, -0.15) is 9.61 Å². The Labute approximate surface area is 185 Å². The number of ether oxygens (including phenoxy) is 1. The maximum Gasteiger partial charge on any atom is 0.275 e. The topological polar surface area (TPSA) is 85.6 Å². The lowest BCUT2D eigenvalue weighted by molar-refractivity contribution is -0.116. The molecule has 0 spiro atoms. The second-order valence-electron chi connectivity index (χ2n) is 8.52. The van der Waals surface area contributed by atoms with Crippen LogP contribution in [-0.4, -0.2) is 20.5 Å². The Morgan fingerprint density at radius 2 is 2.06 bits per heavy atom. The Balaban J connectivity index is 1.45. The zero-order valence-electron chi connectivity index (χ0n) is 18.0. The molecule has 7 nitrogen and oxygen atoms in total. The van der Waals surface area contributed by atoms with Gasteiger partial charge in [0.2, 0.25) is 10.9 Å². The summed E-state index contributed by atoms with van der Waals surface area (Å²) in [6.45, 7) is 4.19. The fourth-order valence-corrected chi connectivity index (χ4v) is 4.96. The van der Waals surface area contributed by atoms with Gasteiger partial charge in [-0.05, 0) is 30.9 Å². The summed E-state index contributed by atoms with van der Waals surface area (Å²) in [4.78, 5) is 29.7. The molecule has 1 aliphatic carbocycles. The summed E-state index contributed by atoms with van der Waals surface area (Å²) in [7, 11) is 0.